The van der Waals surface area contributed by atoms with E-state index in [1.807, 2.05) is 0 Å². The molecule has 0 aliphatic rings. The van der Waals surface area contributed by atoms with Crippen LogP contribution in [0.1, 0.15) is 12.5 Å². The first-order valence-electron chi connectivity index (χ1n) is 6.00. The van der Waals surface area contributed by atoms with Crippen LogP contribution in [0.2, 0.25) is 0 Å². The molecule has 0 saturated carbocycles. The van der Waals surface area contributed by atoms with Gasteiger partial charge in [-0.25, -0.2) is 13.2 Å². The van der Waals surface area contributed by atoms with Gasteiger partial charge in [-0.05, 0) is 31.2 Å². The molecule has 2 aromatic carbocycles. The highest BCUT2D eigenvalue weighted by molar-refractivity contribution is 5.65. The van der Waals surface area contributed by atoms with Gasteiger partial charge in [0, 0.05) is 6.54 Å². The summed E-state index contributed by atoms with van der Waals surface area (Å²) in [6.07, 6.45) is 0. The number of rotatable bonds is 3. The van der Waals surface area contributed by atoms with Gasteiger partial charge in [0.1, 0.15) is 11.9 Å². The predicted molar refractivity (Wildman–Crippen MR) is 70.2 cm³/mol. The van der Waals surface area contributed by atoms with E-state index in [0.717, 1.165) is 0 Å². The van der Waals surface area contributed by atoms with Crippen LogP contribution in [0.4, 0.5) is 24.5 Å². The van der Waals surface area contributed by atoms with Crippen molar-refractivity contribution in [3.63, 3.8) is 0 Å². The van der Waals surface area contributed by atoms with E-state index in [-0.39, 0.29) is 23.5 Å². The van der Waals surface area contributed by atoms with Crippen molar-refractivity contribution in [1.29, 1.82) is 5.26 Å². The first kappa shape index (κ1) is 13.9. The lowest BCUT2D eigenvalue weighted by molar-refractivity contribution is 0.506. The highest BCUT2D eigenvalue weighted by Crippen LogP contribution is 2.31. The molecule has 0 aliphatic carbocycles. The van der Waals surface area contributed by atoms with Gasteiger partial charge in [-0.1, -0.05) is 12.1 Å². The molecule has 20 heavy (non-hydrogen) atoms. The Labute approximate surface area is 114 Å². The van der Waals surface area contributed by atoms with Crippen LogP contribution in [0.15, 0.2) is 36.4 Å². The number of hydrogen-bond acceptors (Lipinski definition) is 2. The number of anilines is 2. The summed E-state index contributed by atoms with van der Waals surface area (Å²) in [7, 11) is 0. The molecule has 0 unspecified atom stereocenters. The summed E-state index contributed by atoms with van der Waals surface area (Å²) in [5.74, 6) is -2.91. The van der Waals surface area contributed by atoms with Crippen molar-refractivity contribution in [2.45, 2.75) is 6.92 Å². The minimum Gasteiger partial charge on any atom is -0.337 e. The molecule has 0 aromatic heterocycles. The summed E-state index contributed by atoms with van der Waals surface area (Å²) in [6, 6.07) is 9.87. The zero-order valence-electron chi connectivity index (χ0n) is 10.7. The van der Waals surface area contributed by atoms with Crippen molar-refractivity contribution in [2.24, 2.45) is 0 Å². The Morgan fingerprint density at radius 3 is 2.30 bits per heavy atom. The molecule has 0 bridgehead atoms. The highest BCUT2D eigenvalue weighted by atomic mass is 19.2. The number of hydrogen-bond donors (Lipinski definition) is 0. The molecule has 0 fully saturated rings. The lowest BCUT2D eigenvalue weighted by Crippen LogP contribution is -2.19. The molecular formula is C15H11F3N2. The van der Waals surface area contributed by atoms with Gasteiger partial charge in [0.15, 0.2) is 11.6 Å². The van der Waals surface area contributed by atoms with Gasteiger partial charge in [0.05, 0.1) is 16.9 Å². The molecule has 102 valence electrons. The van der Waals surface area contributed by atoms with Crippen LogP contribution in [0.3, 0.4) is 0 Å². The van der Waals surface area contributed by atoms with E-state index in [1.54, 1.807) is 19.1 Å². The summed E-state index contributed by atoms with van der Waals surface area (Å²) in [5, 5.41) is 8.66. The lowest BCUT2D eigenvalue weighted by Gasteiger charge is -2.24. The van der Waals surface area contributed by atoms with Crippen molar-refractivity contribution in [3.8, 4) is 6.07 Å². The van der Waals surface area contributed by atoms with Crippen molar-refractivity contribution in [2.75, 3.05) is 11.4 Å². The number of halogens is 3. The molecule has 2 rings (SSSR count). The molecule has 2 aromatic rings. The van der Waals surface area contributed by atoms with Crippen LogP contribution < -0.4 is 4.90 Å². The van der Waals surface area contributed by atoms with Gasteiger partial charge in [0.2, 0.25) is 0 Å². The zero-order valence-corrected chi connectivity index (χ0v) is 10.7. The van der Waals surface area contributed by atoms with E-state index in [1.165, 1.54) is 35.2 Å². The van der Waals surface area contributed by atoms with Crippen LogP contribution in [-0.2, 0) is 0 Å². The molecule has 0 amide bonds. The Hall–Kier alpha value is -2.48. The number of nitriles is 1. The molecule has 0 N–H and O–H groups in total. The van der Waals surface area contributed by atoms with Gasteiger partial charge < -0.3 is 4.90 Å². The molecule has 0 heterocycles. The monoisotopic (exact) mass is 276 g/mol. The van der Waals surface area contributed by atoms with Crippen molar-refractivity contribution >= 4 is 11.4 Å². The minimum absolute atomic E-state index is 0.103. The van der Waals surface area contributed by atoms with E-state index in [2.05, 4.69) is 0 Å². The first-order chi connectivity index (χ1) is 9.60. The molecule has 5 heteroatoms. The van der Waals surface area contributed by atoms with Crippen molar-refractivity contribution < 1.29 is 13.2 Å². The van der Waals surface area contributed by atoms with Crippen LogP contribution in [-0.4, -0.2) is 6.54 Å². The topological polar surface area (TPSA) is 27.0 Å². The lowest BCUT2D eigenvalue weighted by atomic mass is 10.1. The molecule has 0 radical (unpaired) electrons. The third-order valence-corrected chi connectivity index (χ3v) is 2.93. The largest absolute Gasteiger partial charge is 0.337 e. The Morgan fingerprint density at radius 1 is 1.00 bits per heavy atom. The maximum atomic E-state index is 14.0. The summed E-state index contributed by atoms with van der Waals surface area (Å²) < 4.78 is 41.5. The SMILES string of the molecule is CCN(c1ccccc1F)c1ccc(C#N)c(F)c1F. The Bertz CT molecular complexity index is 677. The third-order valence-electron chi connectivity index (χ3n) is 2.93. The predicted octanol–water partition coefficient (Wildman–Crippen LogP) is 4.13. The van der Waals surface area contributed by atoms with Crippen LogP contribution >= 0.6 is 0 Å². The number of para-hydroxylation sites is 1. The van der Waals surface area contributed by atoms with Gasteiger partial charge in [-0.2, -0.15) is 5.26 Å². The Balaban J connectivity index is 2.57. The fourth-order valence-corrected chi connectivity index (χ4v) is 1.98. The molecule has 0 spiro atoms. The molecule has 0 saturated heterocycles. The van der Waals surface area contributed by atoms with Crippen molar-refractivity contribution in [3.05, 3.63) is 59.4 Å². The minimum atomic E-state index is -1.22. The standard InChI is InChI=1S/C15H11F3N2/c1-2-20(12-6-4-3-5-11(12)16)13-8-7-10(9-19)14(17)15(13)18/h3-8H,2H2,1H3. The second-order valence-corrected chi connectivity index (χ2v) is 4.07. The second kappa shape index (κ2) is 5.66. The van der Waals surface area contributed by atoms with E-state index in [9.17, 15) is 13.2 Å². The fraction of sp³-hybridized carbons (Fsp3) is 0.133. The highest BCUT2D eigenvalue weighted by Gasteiger charge is 2.20. The van der Waals surface area contributed by atoms with Crippen molar-refractivity contribution in [1.82, 2.24) is 0 Å². The van der Waals surface area contributed by atoms with E-state index in [4.69, 9.17) is 5.26 Å². The van der Waals surface area contributed by atoms with Gasteiger partial charge in [-0.15, -0.1) is 0 Å². The summed E-state index contributed by atoms with van der Waals surface area (Å²) in [5.41, 5.74) is -0.331. The summed E-state index contributed by atoms with van der Waals surface area (Å²) in [4.78, 5) is 1.31. The zero-order chi connectivity index (χ0) is 14.7. The summed E-state index contributed by atoms with van der Waals surface area (Å²) >= 11 is 0. The van der Waals surface area contributed by atoms with Crippen LogP contribution in [0.5, 0.6) is 0 Å². The fourth-order valence-electron chi connectivity index (χ4n) is 1.98. The third kappa shape index (κ3) is 2.32. The van der Waals surface area contributed by atoms with E-state index in [0.29, 0.717) is 0 Å². The molecule has 2 nitrogen and oxygen atoms in total. The first-order valence-corrected chi connectivity index (χ1v) is 6.00. The number of nitrogens with zero attached hydrogens (tertiary/aromatic N) is 2. The maximum absolute atomic E-state index is 14.0. The Kier molecular flexibility index (Phi) is 3.94. The Morgan fingerprint density at radius 2 is 1.70 bits per heavy atom. The second-order valence-electron chi connectivity index (χ2n) is 4.07. The maximum Gasteiger partial charge on any atom is 0.183 e. The molecular weight excluding hydrogens is 265 g/mol. The van der Waals surface area contributed by atoms with E-state index < -0.39 is 17.5 Å². The van der Waals surface area contributed by atoms with Crippen LogP contribution in [0, 0.1) is 28.8 Å². The smallest absolute Gasteiger partial charge is 0.183 e. The number of benzene rings is 2. The van der Waals surface area contributed by atoms with Crippen LogP contribution in [0.25, 0.3) is 0 Å². The van der Waals surface area contributed by atoms with Gasteiger partial charge in [-0.3, -0.25) is 0 Å². The average molecular weight is 276 g/mol. The molecule has 0 atom stereocenters. The van der Waals surface area contributed by atoms with E-state index >= 15 is 0 Å². The molecule has 0 aliphatic heterocycles. The normalized spacial score (nSPS) is 10.2. The van der Waals surface area contributed by atoms with Gasteiger partial charge in [0.25, 0.3) is 0 Å². The summed E-state index contributed by atoms with van der Waals surface area (Å²) in [6.45, 7) is 1.95. The average Bonchev–Trinajstić information content (AvgIpc) is 2.46. The quantitative estimate of drug-likeness (QED) is 0.842. The van der Waals surface area contributed by atoms with Gasteiger partial charge >= 0.3 is 0 Å².